The molecule has 6 nitrogen and oxygen atoms in total. The van der Waals surface area contributed by atoms with Crippen molar-refractivity contribution in [2.24, 2.45) is 11.8 Å². The van der Waals surface area contributed by atoms with E-state index in [2.05, 4.69) is 34.6 Å². The first-order valence-electron chi connectivity index (χ1n) is 23.2. The number of carbonyl (C=O) groups excluding carboxylic acids is 3. The van der Waals surface area contributed by atoms with E-state index in [-0.39, 0.29) is 31.1 Å². The Morgan fingerprint density at radius 2 is 0.623 bits per heavy atom. The van der Waals surface area contributed by atoms with E-state index in [4.69, 9.17) is 14.2 Å². The molecule has 0 saturated heterocycles. The summed E-state index contributed by atoms with van der Waals surface area (Å²) in [6.07, 6.45) is 38.1. The van der Waals surface area contributed by atoms with Gasteiger partial charge in [0.25, 0.3) is 0 Å². The molecule has 1 atom stereocenters. The summed E-state index contributed by atoms with van der Waals surface area (Å²) in [5.74, 6) is 0.716. The van der Waals surface area contributed by atoms with E-state index in [1.54, 1.807) is 0 Å². The van der Waals surface area contributed by atoms with Gasteiger partial charge in [0.2, 0.25) is 0 Å². The van der Waals surface area contributed by atoms with Gasteiger partial charge in [-0.05, 0) is 31.1 Å². The summed E-state index contributed by atoms with van der Waals surface area (Å²) < 4.78 is 16.7. The number of carbonyl (C=O) groups is 3. The summed E-state index contributed by atoms with van der Waals surface area (Å²) in [5, 5.41) is 0. The van der Waals surface area contributed by atoms with Gasteiger partial charge in [-0.3, -0.25) is 14.4 Å². The van der Waals surface area contributed by atoms with Crippen LogP contribution in [0.3, 0.4) is 0 Å². The van der Waals surface area contributed by atoms with Crippen LogP contribution in [0.1, 0.15) is 253 Å². The minimum atomic E-state index is -0.761. The Hall–Kier alpha value is -1.59. The van der Waals surface area contributed by atoms with Crippen molar-refractivity contribution in [2.75, 3.05) is 13.2 Å². The Bertz CT molecular complexity index is 809. The van der Waals surface area contributed by atoms with E-state index in [1.165, 1.54) is 141 Å². The quantitative estimate of drug-likeness (QED) is 0.0352. The molecule has 6 heteroatoms. The Balaban J connectivity index is 4.30. The fraction of sp³-hybridized carbons (Fsp3) is 0.936. The third-order valence-electron chi connectivity index (χ3n) is 10.5. The molecule has 0 heterocycles. The number of esters is 3. The van der Waals surface area contributed by atoms with Gasteiger partial charge < -0.3 is 14.2 Å². The maximum Gasteiger partial charge on any atom is 0.306 e. The van der Waals surface area contributed by atoms with Crippen LogP contribution >= 0.6 is 0 Å². The summed E-state index contributed by atoms with van der Waals surface area (Å²) in [5.41, 5.74) is 0. The molecule has 0 unspecified atom stereocenters. The zero-order valence-corrected chi connectivity index (χ0v) is 36.1. The van der Waals surface area contributed by atoms with Crippen molar-refractivity contribution in [1.82, 2.24) is 0 Å². The summed E-state index contributed by atoms with van der Waals surface area (Å²) in [6, 6.07) is 0. The fourth-order valence-electron chi connectivity index (χ4n) is 6.93. The minimum Gasteiger partial charge on any atom is -0.462 e. The van der Waals surface area contributed by atoms with Crippen molar-refractivity contribution in [3.63, 3.8) is 0 Å². The van der Waals surface area contributed by atoms with Gasteiger partial charge in [0.05, 0.1) is 0 Å². The van der Waals surface area contributed by atoms with Crippen LogP contribution in [0.2, 0.25) is 0 Å². The Kier molecular flexibility index (Phi) is 38.9. The van der Waals surface area contributed by atoms with Crippen LogP contribution in [0, 0.1) is 11.8 Å². The van der Waals surface area contributed by atoms with Crippen molar-refractivity contribution in [1.29, 1.82) is 0 Å². The first kappa shape index (κ1) is 51.4. The van der Waals surface area contributed by atoms with E-state index >= 15 is 0 Å². The number of ether oxygens (including phenoxy) is 3. The maximum absolute atomic E-state index is 12.7. The van der Waals surface area contributed by atoms with E-state index in [0.717, 1.165) is 69.6 Å². The second-order valence-electron chi connectivity index (χ2n) is 17.0. The molecule has 0 aliphatic rings. The molecule has 0 aliphatic carbocycles. The molecule has 0 bridgehead atoms. The van der Waals surface area contributed by atoms with Gasteiger partial charge >= 0.3 is 17.9 Å². The lowest BCUT2D eigenvalue weighted by atomic mass is 10.0. The van der Waals surface area contributed by atoms with Crippen LogP contribution in [0.4, 0.5) is 0 Å². The first-order valence-corrected chi connectivity index (χ1v) is 23.2. The van der Waals surface area contributed by atoms with Gasteiger partial charge in [0.15, 0.2) is 6.10 Å². The lowest BCUT2D eigenvalue weighted by Crippen LogP contribution is -2.30. The average molecular weight is 751 g/mol. The van der Waals surface area contributed by atoms with Gasteiger partial charge in [0.1, 0.15) is 13.2 Å². The smallest absolute Gasteiger partial charge is 0.306 e. The summed E-state index contributed by atoms with van der Waals surface area (Å²) in [4.78, 5) is 37.7. The van der Waals surface area contributed by atoms with Gasteiger partial charge in [0, 0.05) is 19.3 Å². The fourth-order valence-corrected chi connectivity index (χ4v) is 6.93. The van der Waals surface area contributed by atoms with Crippen molar-refractivity contribution >= 4 is 17.9 Å². The molecule has 0 aromatic carbocycles. The number of hydrogen-bond acceptors (Lipinski definition) is 6. The first-order chi connectivity index (χ1) is 25.7. The topological polar surface area (TPSA) is 78.9 Å². The molecular formula is C47H90O6. The molecule has 0 aliphatic heterocycles. The SMILES string of the molecule is CCCCCCCCCCCCCCCC(=O)OC[C@@H](COC(=O)CCCCCCCCCCCCC(C)C)OC(=O)CCCCCCCCC(C)C. The van der Waals surface area contributed by atoms with Crippen LogP contribution in [0.25, 0.3) is 0 Å². The zero-order valence-electron chi connectivity index (χ0n) is 36.1. The van der Waals surface area contributed by atoms with Gasteiger partial charge in [-0.1, -0.05) is 214 Å². The third-order valence-corrected chi connectivity index (χ3v) is 10.5. The highest BCUT2D eigenvalue weighted by Gasteiger charge is 2.19. The summed E-state index contributed by atoms with van der Waals surface area (Å²) in [6.45, 7) is 11.3. The predicted molar refractivity (Wildman–Crippen MR) is 224 cm³/mol. The molecule has 314 valence electrons. The predicted octanol–water partition coefficient (Wildman–Crippen LogP) is 14.6. The van der Waals surface area contributed by atoms with Crippen LogP contribution in [-0.2, 0) is 28.6 Å². The van der Waals surface area contributed by atoms with Crippen LogP contribution in [-0.4, -0.2) is 37.2 Å². The molecule has 0 aromatic heterocycles. The molecule has 0 rings (SSSR count). The standard InChI is InChI=1S/C47H90O6/c1-6-7-8-9-10-11-12-13-14-18-21-27-32-37-45(48)51-40-44(53-47(50)39-34-29-24-23-26-31-36-43(4)5)41-52-46(49)38-33-28-22-19-16-15-17-20-25-30-35-42(2)3/h42-44H,6-41H2,1-5H3/t44-/m0/s1. The molecule has 0 amide bonds. The largest absolute Gasteiger partial charge is 0.462 e. The highest BCUT2D eigenvalue weighted by Crippen LogP contribution is 2.16. The Labute approximate surface area is 329 Å². The third kappa shape index (κ3) is 41.4. The van der Waals surface area contributed by atoms with Crippen LogP contribution in [0.15, 0.2) is 0 Å². The average Bonchev–Trinajstić information content (AvgIpc) is 3.12. The van der Waals surface area contributed by atoms with Crippen molar-refractivity contribution in [3.05, 3.63) is 0 Å². The van der Waals surface area contributed by atoms with Gasteiger partial charge in [-0.2, -0.15) is 0 Å². The lowest BCUT2D eigenvalue weighted by Gasteiger charge is -2.18. The molecular weight excluding hydrogens is 661 g/mol. The second-order valence-corrected chi connectivity index (χ2v) is 17.0. The normalized spacial score (nSPS) is 12.1. The zero-order chi connectivity index (χ0) is 39.0. The van der Waals surface area contributed by atoms with Crippen LogP contribution in [0.5, 0.6) is 0 Å². The summed E-state index contributed by atoms with van der Waals surface area (Å²) in [7, 11) is 0. The minimum absolute atomic E-state index is 0.0656. The van der Waals surface area contributed by atoms with E-state index < -0.39 is 6.10 Å². The van der Waals surface area contributed by atoms with Gasteiger partial charge in [-0.25, -0.2) is 0 Å². The number of unbranched alkanes of at least 4 members (excludes halogenated alkanes) is 26. The second kappa shape index (κ2) is 40.1. The monoisotopic (exact) mass is 751 g/mol. The summed E-state index contributed by atoms with van der Waals surface area (Å²) >= 11 is 0. The lowest BCUT2D eigenvalue weighted by molar-refractivity contribution is -0.167. The highest BCUT2D eigenvalue weighted by molar-refractivity contribution is 5.71. The Morgan fingerprint density at radius 1 is 0.358 bits per heavy atom. The molecule has 0 radical (unpaired) electrons. The van der Waals surface area contributed by atoms with Crippen molar-refractivity contribution in [3.8, 4) is 0 Å². The van der Waals surface area contributed by atoms with Crippen LogP contribution < -0.4 is 0 Å². The van der Waals surface area contributed by atoms with E-state index in [9.17, 15) is 14.4 Å². The number of rotatable bonds is 41. The maximum atomic E-state index is 12.7. The van der Waals surface area contributed by atoms with Gasteiger partial charge in [-0.15, -0.1) is 0 Å². The molecule has 0 spiro atoms. The molecule has 53 heavy (non-hydrogen) atoms. The molecule has 0 fully saturated rings. The Morgan fingerprint density at radius 3 is 0.925 bits per heavy atom. The highest BCUT2D eigenvalue weighted by atomic mass is 16.6. The molecule has 0 N–H and O–H groups in total. The van der Waals surface area contributed by atoms with E-state index in [1.807, 2.05) is 0 Å². The number of hydrogen-bond donors (Lipinski definition) is 0. The van der Waals surface area contributed by atoms with Crippen molar-refractivity contribution in [2.45, 2.75) is 259 Å². The van der Waals surface area contributed by atoms with E-state index in [0.29, 0.717) is 19.3 Å². The molecule has 0 saturated carbocycles. The van der Waals surface area contributed by atoms with Crippen molar-refractivity contribution < 1.29 is 28.6 Å². The molecule has 0 aromatic rings.